The summed E-state index contributed by atoms with van der Waals surface area (Å²) in [6.07, 6.45) is 1.62. The van der Waals surface area contributed by atoms with E-state index in [2.05, 4.69) is 10.2 Å². The fourth-order valence-electron chi connectivity index (χ4n) is 0.963. The van der Waals surface area contributed by atoms with Crippen LogP contribution in [-0.4, -0.2) is 22.3 Å². The largest absolute Gasteiger partial charge is 0.423 e. The van der Waals surface area contributed by atoms with Gasteiger partial charge in [-0.2, -0.15) is 0 Å². The first-order chi connectivity index (χ1) is 7.07. The number of nitrogens with zero attached hydrogens (tertiary/aromatic N) is 2. The van der Waals surface area contributed by atoms with Crippen LogP contribution in [0.25, 0.3) is 0 Å². The van der Waals surface area contributed by atoms with Gasteiger partial charge in [-0.25, -0.2) is 0 Å². The first kappa shape index (κ1) is 12.1. The summed E-state index contributed by atoms with van der Waals surface area (Å²) >= 11 is 0. The van der Waals surface area contributed by atoms with Crippen molar-refractivity contribution in [2.45, 2.75) is 45.8 Å². The van der Waals surface area contributed by atoms with E-state index in [4.69, 9.17) is 14.9 Å². The van der Waals surface area contributed by atoms with Crippen molar-refractivity contribution in [2.24, 2.45) is 5.73 Å². The van der Waals surface area contributed by atoms with Crippen molar-refractivity contribution in [1.82, 2.24) is 10.2 Å². The first-order valence-electron chi connectivity index (χ1n) is 5.25. The minimum Gasteiger partial charge on any atom is -0.423 e. The van der Waals surface area contributed by atoms with Crippen LogP contribution in [0.3, 0.4) is 0 Å². The third kappa shape index (κ3) is 3.97. The molecule has 0 radical (unpaired) electrons. The van der Waals surface area contributed by atoms with E-state index in [1.165, 1.54) is 0 Å². The standard InChI is InChI=1S/C10H19N3O2/c1-4-8-12-13-9(15-8)6-14-7-10(3,11)5-2/h4-7,11H2,1-3H3. The minimum absolute atomic E-state index is 0.284. The second kappa shape index (κ2) is 5.23. The summed E-state index contributed by atoms with van der Waals surface area (Å²) in [5.41, 5.74) is 5.64. The molecule has 2 N–H and O–H groups in total. The van der Waals surface area contributed by atoms with Gasteiger partial charge in [0, 0.05) is 12.0 Å². The van der Waals surface area contributed by atoms with Crippen molar-refractivity contribution in [1.29, 1.82) is 0 Å². The number of ether oxygens (including phenoxy) is 1. The van der Waals surface area contributed by atoms with Crippen molar-refractivity contribution in [3.63, 3.8) is 0 Å². The Morgan fingerprint density at radius 3 is 2.53 bits per heavy atom. The van der Waals surface area contributed by atoms with Crippen molar-refractivity contribution in [3.8, 4) is 0 Å². The maximum Gasteiger partial charge on any atom is 0.242 e. The molecule has 1 aromatic heterocycles. The summed E-state index contributed by atoms with van der Waals surface area (Å²) < 4.78 is 10.7. The van der Waals surface area contributed by atoms with Crippen LogP contribution in [0.15, 0.2) is 4.42 Å². The van der Waals surface area contributed by atoms with E-state index in [0.29, 0.717) is 25.0 Å². The van der Waals surface area contributed by atoms with Gasteiger partial charge in [0.15, 0.2) is 0 Å². The SMILES string of the molecule is CCc1nnc(COCC(C)(N)CC)o1. The Kier molecular flexibility index (Phi) is 4.23. The normalized spacial score (nSPS) is 15.2. The lowest BCUT2D eigenvalue weighted by atomic mass is 10.0. The number of hydrogen-bond donors (Lipinski definition) is 1. The number of hydrogen-bond acceptors (Lipinski definition) is 5. The zero-order valence-electron chi connectivity index (χ0n) is 9.62. The molecule has 0 spiro atoms. The van der Waals surface area contributed by atoms with E-state index in [1.807, 2.05) is 20.8 Å². The summed E-state index contributed by atoms with van der Waals surface area (Å²) in [5, 5.41) is 7.69. The molecule has 0 fully saturated rings. The molecule has 15 heavy (non-hydrogen) atoms. The fourth-order valence-corrected chi connectivity index (χ4v) is 0.963. The number of aromatic nitrogens is 2. The van der Waals surface area contributed by atoms with Crippen molar-refractivity contribution < 1.29 is 9.15 Å². The van der Waals surface area contributed by atoms with Crippen LogP contribution in [0.4, 0.5) is 0 Å². The van der Waals surface area contributed by atoms with Gasteiger partial charge in [-0.05, 0) is 13.3 Å². The molecule has 5 heteroatoms. The van der Waals surface area contributed by atoms with E-state index >= 15 is 0 Å². The van der Waals surface area contributed by atoms with E-state index < -0.39 is 0 Å². The van der Waals surface area contributed by atoms with Gasteiger partial charge in [0.05, 0.1) is 6.61 Å². The predicted molar refractivity (Wildman–Crippen MR) is 56.2 cm³/mol. The highest BCUT2D eigenvalue weighted by molar-refractivity contribution is 4.80. The molecule has 0 saturated heterocycles. The summed E-state index contributed by atoms with van der Waals surface area (Å²) in [6, 6.07) is 0. The second-order valence-electron chi connectivity index (χ2n) is 3.94. The molecule has 0 aliphatic carbocycles. The van der Waals surface area contributed by atoms with Gasteiger partial charge in [0.1, 0.15) is 6.61 Å². The molecule has 0 amide bonds. The Morgan fingerprint density at radius 2 is 2.00 bits per heavy atom. The molecule has 0 saturated carbocycles. The predicted octanol–water partition coefficient (Wildman–Crippen LogP) is 1.28. The molecule has 0 aromatic carbocycles. The second-order valence-corrected chi connectivity index (χ2v) is 3.94. The number of nitrogens with two attached hydrogens (primary N) is 1. The van der Waals surface area contributed by atoms with E-state index in [9.17, 15) is 0 Å². The summed E-state index contributed by atoms with van der Waals surface area (Å²) in [6.45, 7) is 6.78. The van der Waals surface area contributed by atoms with Crippen LogP contribution >= 0.6 is 0 Å². The van der Waals surface area contributed by atoms with Gasteiger partial charge in [-0.15, -0.1) is 10.2 Å². The Morgan fingerprint density at radius 1 is 1.33 bits per heavy atom. The van der Waals surface area contributed by atoms with Crippen LogP contribution in [0.2, 0.25) is 0 Å². The molecule has 0 bridgehead atoms. The fraction of sp³-hybridized carbons (Fsp3) is 0.800. The molecule has 0 aliphatic heterocycles. The Labute approximate surface area is 90.0 Å². The van der Waals surface area contributed by atoms with Crippen LogP contribution < -0.4 is 5.73 Å². The summed E-state index contributed by atoms with van der Waals surface area (Å²) in [5.74, 6) is 1.15. The highest BCUT2D eigenvalue weighted by Crippen LogP contribution is 2.07. The Bertz CT molecular complexity index is 297. The molecule has 0 aliphatic rings. The van der Waals surface area contributed by atoms with Crippen LogP contribution in [-0.2, 0) is 17.8 Å². The summed E-state index contributed by atoms with van der Waals surface area (Å²) in [4.78, 5) is 0. The molecular formula is C10H19N3O2. The highest BCUT2D eigenvalue weighted by atomic mass is 16.5. The maximum absolute atomic E-state index is 5.92. The van der Waals surface area contributed by atoms with Crippen LogP contribution in [0, 0.1) is 0 Å². The minimum atomic E-state index is -0.284. The zero-order valence-corrected chi connectivity index (χ0v) is 9.62. The Balaban J connectivity index is 2.31. The van der Waals surface area contributed by atoms with Gasteiger partial charge >= 0.3 is 0 Å². The molecule has 5 nitrogen and oxygen atoms in total. The lowest BCUT2D eigenvalue weighted by Crippen LogP contribution is -2.40. The van der Waals surface area contributed by atoms with Gasteiger partial charge < -0.3 is 14.9 Å². The van der Waals surface area contributed by atoms with Crippen molar-refractivity contribution in [2.75, 3.05) is 6.61 Å². The average Bonchev–Trinajstić information content (AvgIpc) is 2.66. The molecule has 1 atom stereocenters. The van der Waals surface area contributed by atoms with Gasteiger partial charge in [0.2, 0.25) is 11.8 Å². The lowest BCUT2D eigenvalue weighted by Gasteiger charge is -2.21. The monoisotopic (exact) mass is 213 g/mol. The number of aryl methyl sites for hydroxylation is 1. The highest BCUT2D eigenvalue weighted by Gasteiger charge is 2.16. The van der Waals surface area contributed by atoms with Crippen molar-refractivity contribution in [3.05, 3.63) is 11.8 Å². The average molecular weight is 213 g/mol. The van der Waals surface area contributed by atoms with E-state index in [1.54, 1.807) is 0 Å². The maximum atomic E-state index is 5.92. The van der Waals surface area contributed by atoms with Crippen molar-refractivity contribution >= 4 is 0 Å². The Hall–Kier alpha value is -0.940. The third-order valence-electron chi connectivity index (χ3n) is 2.28. The topological polar surface area (TPSA) is 74.2 Å². The molecule has 1 aromatic rings. The van der Waals surface area contributed by atoms with Gasteiger partial charge in [-0.1, -0.05) is 13.8 Å². The van der Waals surface area contributed by atoms with Crippen LogP contribution in [0.1, 0.15) is 39.0 Å². The zero-order chi connectivity index (χ0) is 11.3. The first-order valence-corrected chi connectivity index (χ1v) is 5.25. The quantitative estimate of drug-likeness (QED) is 0.770. The van der Waals surface area contributed by atoms with Gasteiger partial charge in [-0.3, -0.25) is 0 Å². The lowest BCUT2D eigenvalue weighted by molar-refractivity contribution is 0.0638. The molecular weight excluding hydrogens is 194 g/mol. The molecule has 1 unspecified atom stereocenters. The van der Waals surface area contributed by atoms with Crippen LogP contribution in [0.5, 0.6) is 0 Å². The smallest absolute Gasteiger partial charge is 0.242 e. The molecule has 86 valence electrons. The van der Waals surface area contributed by atoms with E-state index in [0.717, 1.165) is 12.8 Å². The van der Waals surface area contributed by atoms with Gasteiger partial charge in [0.25, 0.3) is 0 Å². The summed E-state index contributed by atoms with van der Waals surface area (Å²) in [7, 11) is 0. The number of rotatable bonds is 6. The molecule has 1 rings (SSSR count). The molecule has 1 heterocycles. The van der Waals surface area contributed by atoms with E-state index in [-0.39, 0.29) is 5.54 Å². The third-order valence-corrected chi connectivity index (χ3v) is 2.28.